The third-order valence-corrected chi connectivity index (χ3v) is 3.33. The molecule has 1 heterocycles. The van der Waals surface area contributed by atoms with Crippen molar-refractivity contribution in [2.45, 2.75) is 18.9 Å². The Morgan fingerprint density at radius 3 is 2.56 bits per heavy atom. The molecule has 4 nitrogen and oxygen atoms in total. The topological polar surface area (TPSA) is 50.5 Å². The summed E-state index contributed by atoms with van der Waals surface area (Å²) in [4.78, 5) is 0. The molecule has 2 rings (SSSR count). The van der Waals surface area contributed by atoms with Gasteiger partial charge in [-0.15, -0.1) is 0 Å². The van der Waals surface area contributed by atoms with Crippen LogP contribution in [0.2, 0.25) is 0 Å². The van der Waals surface area contributed by atoms with Gasteiger partial charge in [-0.1, -0.05) is 30.3 Å². The zero-order valence-electron chi connectivity index (χ0n) is 11.1. The van der Waals surface area contributed by atoms with Gasteiger partial charge < -0.3 is 10.5 Å². The lowest BCUT2D eigenvalue weighted by Crippen LogP contribution is -2.60. The maximum absolute atomic E-state index is 5.95. The summed E-state index contributed by atoms with van der Waals surface area (Å²) in [5, 5.41) is 2.22. The van der Waals surface area contributed by atoms with Crippen molar-refractivity contribution >= 4 is 0 Å². The molecule has 1 aliphatic heterocycles. The molecule has 0 radical (unpaired) electrons. The Labute approximate surface area is 109 Å². The first-order chi connectivity index (χ1) is 8.72. The Hall–Kier alpha value is -0.940. The third kappa shape index (κ3) is 3.78. The van der Waals surface area contributed by atoms with Crippen LogP contribution in [-0.2, 0) is 11.2 Å². The average molecular weight is 249 g/mol. The van der Waals surface area contributed by atoms with Gasteiger partial charge in [0.2, 0.25) is 0 Å². The molecule has 1 fully saturated rings. The Bertz CT molecular complexity index is 351. The smallest absolute Gasteiger partial charge is 0.0608 e. The maximum Gasteiger partial charge on any atom is 0.0608 e. The largest absolute Gasteiger partial charge is 0.379 e. The van der Waals surface area contributed by atoms with Gasteiger partial charge in [0, 0.05) is 25.2 Å². The van der Waals surface area contributed by atoms with Gasteiger partial charge in [-0.25, -0.2) is 10.4 Å². The van der Waals surface area contributed by atoms with E-state index in [4.69, 9.17) is 10.5 Å². The van der Waals surface area contributed by atoms with Crippen LogP contribution >= 0.6 is 0 Å². The van der Waals surface area contributed by atoms with Crippen LogP contribution in [0.4, 0.5) is 0 Å². The van der Waals surface area contributed by atoms with Crippen LogP contribution in [0.5, 0.6) is 0 Å². The van der Waals surface area contributed by atoms with Crippen molar-refractivity contribution in [2.75, 3.05) is 32.8 Å². The summed E-state index contributed by atoms with van der Waals surface area (Å²) < 4.78 is 5.35. The van der Waals surface area contributed by atoms with Gasteiger partial charge in [-0.2, -0.15) is 0 Å². The van der Waals surface area contributed by atoms with E-state index in [9.17, 15) is 0 Å². The quantitative estimate of drug-likeness (QED) is 0.810. The predicted octanol–water partition coefficient (Wildman–Crippen LogP) is 0.783. The summed E-state index contributed by atoms with van der Waals surface area (Å²) in [6.07, 6.45) is 0.932. The third-order valence-electron chi connectivity index (χ3n) is 3.33. The highest BCUT2D eigenvalue weighted by Gasteiger charge is 2.26. The molecular weight excluding hydrogens is 226 g/mol. The van der Waals surface area contributed by atoms with Crippen molar-refractivity contribution in [1.29, 1.82) is 0 Å². The lowest BCUT2D eigenvalue weighted by molar-refractivity contribution is -0.00882. The number of hydrazine groups is 1. The molecule has 100 valence electrons. The zero-order chi connectivity index (χ0) is 12.8. The van der Waals surface area contributed by atoms with Gasteiger partial charge in [0.05, 0.1) is 13.2 Å². The number of morpholine rings is 1. The highest BCUT2D eigenvalue weighted by Crippen LogP contribution is 2.13. The fourth-order valence-corrected chi connectivity index (χ4v) is 2.26. The first kappa shape index (κ1) is 13.5. The molecule has 1 atom stereocenters. The first-order valence-corrected chi connectivity index (χ1v) is 6.56. The second-order valence-corrected chi connectivity index (χ2v) is 5.14. The summed E-state index contributed by atoms with van der Waals surface area (Å²) in [5.74, 6) is 0. The Morgan fingerprint density at radius 1 is 1.28 bits per heavy atom. The lowest BCUT2D eigenvalue weighted by atomic mass is 9.93. The number of hydrogen-bond acceptors (Lipinski definition) is 4. The maximum atomic E-state index is 5.95. The highest BCUT2D eigenvalue weighted by molar-refractivity contribution is 5.17. The second kappa shape index (κ2) is 6.29. The molecule has 0 amide bonds. The molecule has 0 saturated carbocycles. The molecule has 0 aliphatic carbocycles. The zero-order valence-corrected chi connectivity index (χ0v) is 11.1. The molecule has 0 aromatic heterocycles. The summed E-state index contributed by atoms with van der Waals surface area (Å²) >= 11 is 0. The fraction of sp³-hybridized carbons (Fsp3) is 0.571. The number of nitrogens with one attached hydrogen (secondary N) is 1. The first-order valence-electron chi connectivity index (χ1n) is 6.56. The van der Waals surface area contributed by atoms with Crippen LogP contribution in [0, 0.1) is 0 Å². The molecule has 1 aromatic rings. The number of nitrogens with zero attached hydrogens (tertiary/aromatic N) is 1. The molecule has 3 N–H and O–H groups in total. The van der Waals surface area contributed by atoms with Crippen molar-refractivity contribution in [2.24, 2.45) is 5.73 Å². The monoisotopic (exact) mass is 249 g/mol. The summed E-state index contributed by atoms with van der Waals surface area (Å²) in [5.41, 5.74) is 10.7. The molecule has 0 spiro atoms. The van der Waals surface area contributed by atoms with E-state index in [0.29, 0.717) is 6.54 Å². The number of nitrogens with two attached hydrogens (primary N) is 1. The van der Waals surface area contributed by atoms with Crippen molar-refractivity contribution in [3.8, 4) is 0 Å². The summed E-state index contributed by atoms with van der Waals surface area (Å²) in [6.45, 7) is 6.21. The van der Waals surface area contributed by atoms with Gasteiger partial charge in [0.15, 0.2) is 0 Å². The van der Waals surface area contributed by atoms with E-state index in [1.54, 1.807) is 0 Å². The van der Waals surface area contributed by atoms with Crippen molar-refractivity contribution < 1.29 is 4.74 Å². The average Bonchev–Trinajstić information content (AvgIpc) is 2.41. The van der Waals surface area contributed by atoms with E-state index in [-0.39, 0.29) is 5.54 Å². The molecule has 1 saturated heterocycles. The van der Waals surface area contributed by atoms with E-state index >= 15 is 0 Å². The lowest BCUT2D eigenvalue weighted by Gasteiger charge is -2.38. The Kier molecular flexibility index (Phi) is 4.72. The van der Waals surface area contributed by atoms with Crippen LogP contribution < -0.4 is 11.2 Å². The Morgan fingerprint density at radius 2 is 1.94 bits per heavy atom. The summed E-state index contributed by atoms with van der Waals surface area (Å²) in [6, 6.07) is 10.5. The standard InChI is InChI=1S/C14H23N3O/c1-14(12-15,11-13-5-3-2-4-6-13)16-17-7-9-18-10-8-17/h2-6,16H,7-12,15H2,1H3. The van der Waals surface area contributed by atoms with Gasteiger partial charge in [-0.3, -0.25) is 0 Å². The highest BCUT2D eigenvalue weighted by atomic mass is 16.5. The van der Waals surface area contributed by atoms with Crippen LogP contribution in [0.25, 0.3) is 0 Å². The van der Waals surface area contributed by atoms with E-state index < -0.39 is 0 Å². The van der Waals surface area contributed by atoms with E-state index in [2.05, 4.69) is 41.6 Å². The second-order valence-electron chi connectivity index (χ2n) is 5.14. The minimum atomic E-state index is -0.0985. The van der Waals surface area contributed by atoms with Gasteiger partial charge in [-0.05, 0) is 18.9 Å². The molecule has 1 unspecified atom stereocenters. The molecule has 4 heteroatoms. The molecule has 1 aromatic carbocycles. The SMILES string of the molecule is CC(CN)(Cc1ccccc1)NN1CCOCC1. The van der Waals surface area contributed by atoms with Crippen LogP contribution in [0.15, 0.2) is 30.3 Å². The predicted molar refractivity (Wildman–Crippen MR) is 73.1 cm³/mol. The molecule has 1 aliphatic rings. The van der Waals surface area contributed by atoms with Crippen molar-refractivity contribution in [1.82, 2.24) is 10.4 Å². The van der Waals surface area contributed by atoms with E-state index in [1.807, 2.05) is 6.07 Å². The number of hydrogen-bond donors (Lipinski definition) is 2. The van der Waals surface area contributed by atoms with Crippen LogP contribution in [-0.4, -0.2) is 43.4 Å². The minimum absolute atomic E-state index is 0.0985. The van der Waals surface area contributed by atoms with Crippen molar-refractivity contribution in [3.63, 3.8) is 0 Å². The van der Waals surface area contributed by atoms with Crippen molar-refractivity contribution in [3.05, 3.63) is 35.9 Å². The molecule has 18 heavy (non-hydrogen) atoms. The Balaban J connectivity index is 1.96. The van der Waals surface area contributed by atoms with E-state index in [0.717, 1.165) is 32.7 Å². The summed E-state index contributed by atoms with van der Waals surface area (Å²) in [7, 11) is 0. The minimum Gasteiger partial charge on any atom is -0.379 e. The van der Waals surface area contributed by atoms with Gasteiger partial charge in [0.25, 0.3) is 0 Å². The van der Waals surface area contributed by atoms with Crippen LogP contribution in [0.3, 0.4) is 0 Å². The normalized spacial score (nSPS) is 20.6. The number of ether oxygens (including phenoxy) is 1. The fourth-order valence-electron chi connectivity index (χ4n) is 2.26. The van der Waals surface area contributed by atoms with Gasteiger partial charge in [0.1, 0.15) is 0 Å². The van der Waals surface area contributed by atoms with Gasteiger partial charge >= 0.3 is 0 Å². The van der Waals surface area contributed by atoms with Crippen LogP contribution in [0.1, 0.15) is 12.5 Å². The molecule has 0 bridgehead atoms. The molecular formula is C14H23N3O. The number of rotatable bonds is 5. The number of benzene rings is 1. The van der Waals surface area contributed by atoms with E-state index in [1.165, 1.54) is 5.56 Å².